The lowest BCUT2D eigenvalue weighted by atomic mass is 10.1. The number of benzene rings is 2. The maximum Gasteiger partial charge on any atom is 0.325 e. The van der Waals surface area contributed by atoms with Crippen LogP contribution in [-0.2, 0) is 14.8 Å². The van der Waals surface area contributed by atoms with E-state index in [2.05, 4.69) is 4.72 Å². The van der Waals surface area contributed by atoms with Gasteiger partial charge in [0.15, 0.2) is 0 Å². The zero-order valence-electron chi connectivity index (χ0n) is 16.9. The molecule has 2 N–H and O–H groups in total. The highest BCUT2D eigenvalue weighted by atomic mass is 35.5. The molecule has 0 radical (unpaired) electrons. The van der Waals surface area contributed by atoms with Gasteiger partial charge in [0, 0.05) is 35.6 Å². The number of anilines is 1. The van der Waals surface area contributed by atoms with Crippen molar-refractivity contribution in [3.05, 3.63) is 71.2 Å². The second-order valence-corrected chi connectivity index (χ2v) is 11.2. The van der Waals surface area contributed by atoms with Crippen molar-refractivity contribution < 1.29 is 18.3 Å². The van der Waals surface area contributed by atoms with Gasteiger partial charge < -0.3 is 10.0 Å². The molecule has 1 fully saturated rings. The van der Waals surface area contributed by atoms with Gasteiger partial charge in [-0.25, -0.2) is 8.42 Å². The zero-order valence-corrected chi connectivity index (χ0v) is 19.3. The molecule has 3 aromatic rings. The van der Waals surface area contributed by atoms with Crippen molar-refractivity contribution in [2.75, 3.05) is 19.0 Å². The number of hydrogen-bond donors (Lipinski definition) is 2. The summed E-state index contributed by atoms with van der Waals surface area (Å²) >= 11 is 7.01. The second-order valence-electron chi connectivity index (χ2n) is 7.75. The Labute approximate surface area is 190 Å². The summed E-state index contributed by atoms with van der Waals surface area (Å²) in [5.41, 5.74) is 1.02. The predicted molar refractivity (Wildman–Crippen MR) is 124 cm³/mol. The van der Waals surface area contributed by atoms with Crippen LogP contribution in [0.5, 0.6) is 0 Å². The molecule has 0 spiro atoms. The Hall–Kier alpha value is -2.39. The fourth-order valence-corrected chi connectivity index (χ4v) is 6.44. The van der Waals surface area contributed by atoms with Gasteiger partial charge in [-0.2, -0.15) is 4.72 Å². The van der Waals surface area contributed by atoms with Crippen LogP contribution in [-0.4, -0.2) is 39.1 Å². The number of nitrogens with zero attached hydrogens (tertiary/aromatic N) is 1. The summed E-state index contributed by atoms with van der Waals surface area (Å²) in [5.74, 6) is -1.61. The van der Waals surface area contributed by atoms with Crippen molar-refractivity contribution in [1.82, 2.24) is 4.72 Å². The van der Waals surface area contributed by atoms with Crippen molar-refractivity contribution in [2.45, 2.75) is 22.1 Å². The predicted octanol–water partition coefficient (Wildman–Crippen LogP) is 4.42. The van der Waals surface area contributed by atoms with Crippen LogP contribution in [0.4, 0.5) is 5.69 Å². The Balaban J connectivity index is 1.60. The van der Waals surface area contributed by atoms with Crippen molar-refractivity contribution >= 4 is 44.6 Å². The first-order valence-corrected chi connectivity index (χ1v) is 12.2. The number of carboxylic acids is 1. The van der Waals surface area contributed by atoms with Gasteiger partial charge in [-0.15, -0.1) is 11.3 Å². The number of sulfonamides is 1. The average Bonchev–Trinajstić information content (AvgIpc) is 3.22. The van der Waals surface area contributed by atoms with E-state index >= 15 is 0 Å². The molecule has 2 atom stereocenters. The van der Waals surface area contributed by atoms with Gasteiger partial charge in [-0.1, -0.05) is 35.9 Å². The lowest BCUT2D eigenvalue weighted by Gasteiger charge is -2.17. The van der Waals surface area contributed by atoms with Crippen molar-refractivity contribution in [2.24, 2.45) is 0 Å². The fraction of sp³-hybridized carbons (Fsp3) is 0.227. The van der Waals surface area contributed by atoms with E-state index in [1.807, 2.05) is 55.4 Å². The standard InChI is InChI=1S/C22H21ClN2O4S2/c1-25(2)17-5-3-4-15(12-17)18-13-22(18,21(26)27)24-31(28,29)20-11-10-19(30-20)14-6-8-16(23)9-7-14/h3-12,18,24H,13H2,1-2H3,(H,26,27)/t18-,22+/m0/s1. The van der Waals surface area contributed by atoms with E-state index in [9.17, 15) is 18.3 Å². The molecule has 1 heterocycles. The first-order chi connectivity index (χ1) is 14.6. The van der Waals surface area contributed by atoms with Crippen molar-refractivity contribution in [3.63, 3.8) is 0 Å². The summed E-state index contributed by atoms with van der Waals surface area (Å²) in [6.07, 6.45) is 0.202. The van der Waals surface area contributed by atoms with Gasteiger partial charge in [-0.05, 0) is 53.9 Å². The molecule has 4 rings (SSSR count). The van der Waals surface area contributed by atoms with Gasteiger partial charge in [0.05, 0.1) is 0 Å². The molecule has 6 nitrogen and oxygen atoms in total. The number of carboxylic acid groups (broad SMARTS) is 1. The van der Waals surface area contributed by atoms with Crippen LogP contribution in [0.15, 0.2) is 64.9 Å². The Morgan fingerprint density at radius 1 is 1.16 bits per heavy atom. The number of nitrogens with one attached hydrogen (secondary N) is 1. The highest BCUT2D eigenvalue weighted by Crippen LogP contribution is 2.53. The third-order valence-corrected chi connectivity index (χ3v) is 8.81. The Morgan fingerprint density at radius 2 is 1.87 bits per heavy atom. The van der Waals surface area contributed by atoms with Crippen LogP contribution in [0.3, 0.4) is 0 Å². The van der Waals surface area contributed by atoms with Gasteiger partial charge >= 0.3 is 5.97 Å². The Morgan fingerprint density at radius 3 is 2.52 bits per heavy atom. The molecule has 0 aliphatic heterocycles. The van der Waals surface area contributed by atoms with E-state index in [4.69, 9.17) is 11.6 Å². The average molecular weight is 477 g/mol. The maximum absolute atomic E-state index is 13.0. The SMILES string of the molecule is CN(C)c1cccc([C@@H]2C[C@]2(NS(=O)(=O)c2ccc(-c3ccc(Cl)cc3)s2)C(=O)O)c1. The van der Waals surface area contributed by atoms with Crippen LogP contribution >= 0.6 is 22.9 Å². The molecular weight excluding hydrogens is 456 g/mol. The summed E-state index contributed by atoms with van der Waals surface area (Å²) in [7, 11) is -0.218. The van der Waals surface area contributed by atoms with Crippen LogP contribution < -0.4 is 9.62 Å². The van der Waals surface area contributed by atoms with Crippen LogP contribution in [0, 0.1) is 0 Å². The lowest BCUT2D eigenvalue weighted by molar-refractivity contribution is -0.140. The second kappa shape index (κ2) is 7.94. The minimum absolute atomic E-state index is 0.0748. The number of halogens is 1. The first-order valence-electron chi connectivity index (χ1n) is 9.53. The molecule has 0 saturated heterocycles. The molecule has 0 amide bonds. The minimum Gasteiger partial charge on any atom is -0.480 e. The number of aliphatic carboxylic acids is 1. The third kappa shape index (κ3) is 4.21. The van der Waals surface area contributed by atoms with Crippen LogP contribution in [0.2, 0.25) is 5.02 Å². The highest BCUT2D eigenvalue weighted by Gasteiger charge is 2.63. The van der Waals surface area contributed by atoms with Gasteiger partial charge in [-0.3, -0.25) is 4.79 Å². The molecule has 1 aromatic heterocycles. The lowest BCUT2D eigenvalue weighted by Crippen LogP contribution is -2.44. The molecule has 9 heteroatoms. The quantitative estimate of drug-likeness (QED) is 0.527. The summed E-state index contributed by atoms with van der Waals surface area (Å²) in [6.45, 7) is 0. The van der Waals surface area contributed by atoms with Gasteiger partial charge in [0.2, 0.25) is 0 Å². The first kappa shape index (κ1) is 21.8. The normalized spacial score (nSPS) is 20.4. The largest absolute Gasteiger partial charge is 0.480 e. The molecule has 1 aliphatic carbocycles. The van der Waals surface area contributed by atoms with Crippen LogP contribution in [0.1, 0.15) is 17.9 Å². The van der Waals surface area contributed by atoms with Crippen molar-refractivity contribution in [3.8, 4) is 10.4 Å². The third-order valence-electron chi connectivity index (χ3n) is 5.42. The monoisotopic (exact) mass is 476 g/mol. The minimum atomic E-state index is -4.01. The van der Waals surface area contributed by atoms with E-state index in [-0.39, 0.29) is 10.6 Å². The van der Waals surface area contributed by atoms with Gasteiger partial charge in [0.25, 0.3) is 10.0 Å². The number of rotatable bonds is 7. The fourth-order valence-electron chi connectivity index (χ4n) is 3.60. The molecule has 1 saturated carbocycles. The van der Waals surface area contributed by atoms with E-state index in [0.717, 1.165) is 33.0 Å². The molecular formula is C22H21ClN2O4S2. The number of hydrogen-bond acceptors (Lipinski definition) is 5. The summed E-state index contributed by atoms with van der Waals surface area (Å²) in [4.78, 5) is 14.8. The van der Waals surface area contributed by atoms with E-state index in [1.165, 1.54) is 6.07 Å². The molecule has 0 bridgehead atoms. The smallest absolute Gasteiger partial charge is 0.325 e. The van der Waals surface area contributed by atoms with Crippen LogP contribution in [0.25, 0.3) is 10.4 Å². The van der Waals surface area contributed by atoms with E-state index < -0.39 is 27.4 Å². The summed E-state index contributed by atoms with van der Waals surface area (Å²) < 4.78 is 28.7. The number of thiophene rings is 1. The maximum atomic E-state index is 13.0. The highest BCUT2D eigenvalue weighted by molar-refractivity contribution is 7.91. The molecule has 162 valence electrons. The van der Waals surface area contributed by atoms with E-state index in [0.29, 0.717) is 5.02 Å². The summed E-state index contributed by atoms with van der Waals surface area (Å²) in [5, 5.41) is 10.5. The zero-order chi connectivity index (χ0) is 22.4. The molecule has 2 aromatic carbocycles. The van der Waals surface area contributed by atoms with Gasteiger partial charge in [0.1, 0.15) is 9.75 Å². The Kier molecular flexibility index (Phi) is 5.59. The van der Waals surface area contributed by atoms with E-state index in [1.54, 1.807) is 18.2 Å². The van der Waals surface area contributed by atoms with Crippen molar-refractivity contribution in [1.29, 1.82) is 0 Å². The Bertz CT molecular complexity index is 1240. The summed E-state index contributed by atoms with van der Waals surface area (Å²) in [6, 6.07) is 17.8. The molecule has 1 aliphatic rings. The molecule has 31 heavy (non-hydrogen) atoms. The topological polar surface area (TPSA) is 86.7 Å². The number of carbonyl (C=O) groups is 1. The molecule has 0 unspecified atom stereocenters.